The lowest BCUT2D eigenvalue weighted by atomic mass is 10.2. The zero-order chi connectivity index (χ0) is 18.6. The third kappa shape index (κ3) is 5.20. The van der Waals surface area contributed by atoms with Crippen molar-refractivity contribution in [3.8, 4) is 0 Å². The van der Waals surface area contributed by atoms with Gasteiger partial charge in [0.1, 0.15) is 0 Å². The predicted molar refractivity (Wildman–Crippen MR) is 107 cm³/mol. The highest BCUT2D eigenvalue weighted by atomic mass is 35.5. The van der Waals surface area contributed by atoms with Crippen molar-refractivity contribution < 1.29 is 8.42 Å². The lowest BCUT2D eigenvalue weighted by molar-refractivity contribution is 0.313. The number of hydrogen-bond acceptors (Lipinski definition) is 4. The Morgan fingerprint density at radius 3 is 2.31 bits per heavy atom. The summed E-state index contributed by atoms with van der Waals surface area (Å²) < 4.78 is 27.2. The summed E-state index contributed by atoms with van der Waals surface area (Å²) in [7, 11) is -1.31. The highest BCUT2D eigenvalue weighted by Crippen LogP contribution is 2.19. The average molecular weight is 394 g/mol. The minimum Gasteiger partial charge on any atom is -0.369 e. The number of rotatable bonds is 6. The van der Waals surface area contributed by atoms with Crippen LogP contribution in [0.3, 0.4) is 0 Å². The monoisotopic (exact) mass is 393 g/mol. The molecule has 0 bridgehead atoms. The minimum atomic E-state index is -3.44. The Morgan fingerprint density at radius 1 is 1.00 bits per heavy atom. The molecule has 0 spiro atoms. The number of halogens is 1. The van der Waals surface area contributed by atoms with Crippen LogP contribution in [0.15, 0.2) is 48.5 Å². The summed E-state index contributed by atoms with van der Waals surface area (Å²) in [6.07, 6.45) is 0. The van der Waals surface area contributed by atoms with Gasteiger partial charge in [-0.25, -0.2) is 13.1 Å². The molecular weight excluding hydrogens is 370 g/mol. The molecule has 140 valence electrons. The van der Waals surface area contributed by atoms with E-state index in [1.807, 2.05) is 12.1 Å². The van der Waals surface area contributed by atoms with Gasteiger partial charge in [0.05, 0.1) is 5.75 Å². The standard InChI is InChI=1S/C19H24ClN3O2S/c1-22-10-12-23(13-11-22)18-8-6-16(7-9-18)14-21-26(24,25)15-17-4-2-3-5-19(17)20/h2-9,21H,10-15H2,1H3. The summed E-state index contributed by atoms with van der Waals surface area (Å²) in [4.78, 5) is 4.67. The Hall–Kier alpha value is -1.60. The molecule has 0 aromatic heterocycles. The molecule has 1 heterocycles. The van der Waals surface area contributed by atoms with Crippen LogP contribution < -0.4 is 9.62 Å². The maximum absolute atomic E-state index is 12.3. The van der Waals surface area contributed by atoms with Crippen LogP contribution in [-0.2, 0) is 22.3 Å². The van der Waals surface area contributed by atoms with Crippen molar-refractivity contribution >= 4 is 27.3 Å². The second kappa shape index (κ2) is 8.39. The van der Waals surface area contributed by atoms with Gasteiger partial charge in [0.15, 0.2) is 0 Å². The van der Waals surface area contributed by atoms with E-state index in [4.69, 9.17) is 11.6 Å². The normalized spacial score (nSPS) is 16.0. The SMILES string of the molecule is CN1CCN(c2ccc(CNS(=O)(=O)Cc3ccccc3Cl)cc2)CC1. The van der Waals surface area contributed by atoms with Crippen molar-refractivity contribution in [2.75, 3.05) is 38.1 Å². The van der Waals surface area contributed by atoms with Gasteiger partial charge in [-0.2, -0.15) is 0 Å². The van der Waals surface area contributed by atoms with Crippen LogP contribution in [0, 0.1) is 0 Å². The summed E-state index contributed by atoms with van der Waals surface area (Å²) in [6, 6.07) is 15.1. The first-order valence-electron chi connectivity index (χ1n) is 8.66. The number of piperazine rings is 1. The number of hydrogen-bond donors (Lipinski definition) is 1. The van der Waals surface area contributed by atoms with Crippen molar-refractivity contribution in [1.29, 1.82) is 0 Å². The number of likely N-dealkylation sites (N-methyl/N-ethyl adjacent to an activating group) is 1. The van der Waals surface area contributed by atoms with Crippen LogP contribution in [0.5, 0.6) is 0 Å². The minimum absolute atomic E-state index is 0.119. The summed E-state index contributed by atoms with van der Waals surface area (Å²) in [5.74, 6) is -0.119. The van der Waals surface area contributed by atoms with E-state index < -0.39 is 10.0 Å². The van der Waals surface area contributed by atoms with Crippen LogP contribution in [0.4, 0.5) is 5.69 Å². The first kappa shape index (κ1) is 19.2. The fraction of sp³-hybridized carbons (Fsp3) is 0.368. The molecule has 1 fully saturated rings. The van der Waals surface area contributed by atoms with Crippen molar-refractivity contribution in [3.05, 3.63) is 64.7 Å². The molecule has 2 aromatic rings. The van der Waals surface area contributed by atoms with Crippen molar-refractivity contribution in [2.45, 2.75) is 12.3 Å². The summed E-state index contributed by atoms with van der Waals surface area (Å²) in [5.41, 5.74) is 2.72. The molecule has 7 heteroatoms. The summed E-state index contributed by atoms with van der Waals surface area (Å²) in [6.45, 7) is 4.42. The van der Waals surface area contributed by atoms with Crippen LogP contribution in [-0.4, -0.2) is 46.5 Å². The first-order chi connectivity index (χ1) is 12.4. The van der Waals surface area contributed by atoms with E-state index in [1.165, 1.54) is 5.69 Å². The van der Waals surface area contributed by atoms with Gasteiger partial charge in [0.2, 0.25) is 10.0 Å². The molecule has 0 amide bonds. The Balaban J connectivity index is 1.56. The summed E-state index contributed by atoms with van der Waals surface area (Å²) >= 11 is 6.05. The lowest BCUT2D eigenvalue weighted by Crippen LogP contribution is -2.44. The van der Waals surface area contributed by atoms with E-state index >= 15 is 0 Å². The Labute approximate surface area is 160 Å². The Morgan fingerprint density at radius 2 is 1.65 bits per heavy atom. The fourth-order valence-corrected chi connectivity index (χ4v) is 4.39. The largest absolute Gasteiger partial charge is 0.369 e. The molecule has 1 aliphatic heterocycles. The van der Waals surface area contributed by atoms with Gasteiger partial charge in [0, 0.05) is 43.4 Å². The van der Waals surface area contributed by atoms with Gasteiger partial charge in [0.25, 0.3) is 0 Å². The van der Waals surface area contributed by atoms with E-state index in [9.17, 15) is 8.42 Å². The number of nitrogens with zero attached hydrogens (tertiary/aromatic N) is 2. The molecule has 3 rings (SSSR count). The molecule has 0 unspecified atom stereocenters. The van der Waals surface area contributed by atoms with Gasteiger partial charge in [-0.1, -0.05) is 41.9 Å². The first-order valence-corrected chi connectivity index (χ1v) is 10.7. The van der Waals surface area contributed by atoms with Crippen LogP contribution >= 0.6 is 11.6 Å². The van der Waals surface area contributed by atoms with Crippen molar-refractivity contribution in [1.82, 2.24) is 9.62 Å². The van der Waals surface area contributed by atoms with E-state index in [1.54, 1.807) is 24.3 Å². The Kier molecular flexibility index (Phi) is 6.19. The van der Waals surface area contributed by atoms with Gasteiger partial charge < -0.3 is 9.80 Å². The average Bonchev–Trinajstić information content (AvgIpc) is 2.63. The fourth-order valence-electron chi connectivity index (χ4n) is 2.95. The maximum atomic E-state index is 12.3. The van der Waals surface area contributed by atoms with Gasteiger partial charge in [-0.05, 0) is 36.4 Å². The molecule has 26 heavy (non-hydrogen) atoms. The number of nitrogens with one attached hydrogen (secondary N) is 1. The molecule has 0 atom stereocenters. The maximum Gasteiger partial charge on any atom is 0.216 e. The highest BCUT2D eigenvalue weighted by molar-refractivity contribution is 7.88. The second-order valence-corrected chi connectivity index (χ2v) is 8.84. The zero-order valence-electron chi connectivity index (χ0n) is 14.9. The lowest BCUT2D eigenvalue weighted by Gasteiger charge is -2.34. The second-order valence-electron chi connectivity index (χ2n) is 6.63. The zero-order valence-corrected chi connectivity index (χ0v) is 16.4. The highest BCUT2D eigenvalue weighted by Gasteiger charge is 2.15. The van der Waals surface area contributed by atoms with E-state index in [0.29, 0.717) is 10.6 Å². The van der Waals surface area contributed by atoms with E-state index in [0.717, 1.165) is 31.7 Å². The van der Waals surface area contributed by atoms with Crippen LogP contribution in [0.25, 0.3) is 0 Å². The van der Waals surface area contributed by atoms with Crippen molar-refractivity contribution in [2.24, 2.45) is 0 Å². The molecule has 1 aliphatic rings. The molecule has 0 radical (unpaired) electrons. The molecule has 2 aromatic carbocycles. The topological polar surface area (TPSA) is 52.6 Å². The van der Waals surface area contributed by atoms with Crippen LogP contribution in [0.1, 0.15) is 11.1 Å². The van der Waals surface area contributed by atoms with Gasteiger partial charge in [-0.15, -0.1) is 0 Å². The van der Waals surface area contributed by atoms with Gasteiger partial charge >= 0.3 is 0 Å². The van der Waals surface area contributed by atoms with Crippen molar-refractivity contribution in [3.63, 3.8) is 0 Å². The van der Waals surface area contributed by atoms with Gasteiger partial charge in [-0.3, -0.25) is 0 Å². The molecule has 1 N–H and O–H groups in total. The third-order valence-corrected chi connectivity index (χ3v) is 6.25. The predicted octanol–water partition coefficient (Wildman–Crippen LogP) is 2.71. The van der Waals surface area contributed by atoms with E-state index in [2.05, 4.69) is 33.7 Å². The third-order valence-electron chi connectivity index (χ3n) is 4.60. The smallest absolute Gasteiger partial charge is 0.216 e. The Bertz CT molecular complexity index is 832. The molecule has 1 saturated heterocycles. The number of sulfonamides is 1. The van der Waals surface area contributed by atoms with E-state index in [-0.39, 0.29) is 12.3 Å². The molecule has 0 aliphatic carbocycles. The molecule has 5 nitrogen and oxygen atoms in total. The number of benzene rings is 2. The summed E-state index contributed by atoms with van der Waals surface area (Å²) in [5, 5.41) is 0.467. The number of anilines is 1. The molecule has 0 saturated carbocycles. The molecular formula is C19H24ClN3O2S. The quantitative estimate of drug-likeness (QED) is 0.819. The van der Waals surface area contributed by atoms with Crippen LogP contribution in [0.2, 0.25) is 5.02 Å².